The van der Waals surface area contributed by atoms with Gasteiger partial charge in [0.15, 0.2) is 29.1 Å². The fourth-order valence-electron chi connectivity index (χ4n) is 0.865. The predicted molar refractivity (Wildman–Crippen MR) is 62.6 cm³/mol. The number of benzene rings is 1. The lowest BCUT2D eigenvalue weighted by molar-refractivity contribution is 0.0698. The third-order valence-electron chi connectivity index (χ3n) is 2.37. The van der Waals surface area contributed by atoms with Crippen LogP contribution in [0.3, 0.4) is 0 Å². The summed E-state index contributed by atoms with van der Waals surface area (Å²) in [6.45, 7) is -1.21. The molecule has 0 heterocycles. The molecule has 114 valence electrons. The first-order valence-electron chi connectivity index (χ1n) is 5.24. The van der Waals surface area contributed by atoms with Crippen molar-refractivity contribution in [3.8, 4) is 0 Å². The third-order valence-corrected chi connectivity index (χ3v) is 3.25. The minimum Gasteiger partial charge on any atom is -0.394 e. The number of hydrogen-bond acceptors (Lipinski definition) is 4. The Morgan fingerprint density at radius 2 is 1.00 bits per heavy atom. The SMILES string of the molecule is Fc1c(F)c(F)[c]([AlH2])c(F)c1F.NC(CO)(CO)CO. The second kappa shape index (κ2) is 7.88. The Bertz CT molecular complexity index is 357. The van der Waals surface area contributed by atoms with Gasteiger partial charge in [-0.1, -0.05) is 0 Å². The van der Waals surface area contributed by atoms with Crippen LogP contribution in [0, 0.1) is 29.1 Å². The number of hydrogen-bond donors (Lipinski definition) is 4. The Balaban J connectivity index is 0.000000396. The van der Waals surface area contributed by atoms with Gasteiger partial charge in [0.25, 0.3) is 16.3 Å². The summed E-state index contributed by atoms with van der Waals surface area (Å²) in [5, 5.41) is 25.0. The van der Waals surface area contributed by atoms with E-state index >= 15 is 0 Å². The van der Waals surface area contributed by atoms with Crippen molar-refractivity contribution in [3.63, 3.8) is 0 Å². The highest BCUT2D eigenvalue weighted by Crippen LogP contribution is 2.14. The summed E-state index contributed by atoms with van der Waals surface area (Å²) in [7, 11) is 0. The molecule has 10 heteroatoms. The monoisotopic (exact) mass is 317 g/mol. The van der Waals surface area contributed by atoms with E-state index in [4.69, 9.17) is 21.1 Å². The Kier molecular flexibility index (Phi) is 7.58. The van der Waals surface area contributed by atoms with E-state index in [1.165, 1.54) is 0 Å². The molecule has 0 spiro atoms. The van der Waals surface area contributed by atoms with Crippen LogP contribution in [-0.4, -0.2) is 57.0 Å². The summed E-state index contributed by atoms with van der Waals surface area (Å²) in [6.07, 6.45) is 0. The normalized spacial score (nSPS) is 11.1. The maximum Gasteiger partial charge on any atom is 0.268 e. The molecule has 4 nitrogen and oxygen atoms in total. The molecule has 0 amide bonds. The molecule has 1 aromatic carbocycles. The van der Waals surface area contributed by atoms with Gasteiger partial charge >= 0.3 is 0 Å². The summed E-state index contributed by atoms with van der Waals surface area (Å²) in [5.41, 5.74) is 3.94. The number of aliphatic hydroxyl groups excluding tert-OH is 3. The summed E-state index contributed by atoms with van der Waals surface area (Å²) in [5.74, 6) is -9.31. The largest absolute Gasteiger partial charge is 0.394 e. The minimum atomic E-state index is -2.11. The van der Waals surface area contributed by atoms with Crippen molar-refractivity contribution < 1.29 is 37.3 Å². The van der Waals surface area contributed by atoms with Gasteiger partial charge in [-0.05, 0) is 4.43 Å². The van der Waals surface area contributed by atoms with Crippen LogP contribution in [0.15, 0.2) is 0 Å². The molecule has 0 saturated heterocycles. The second-order valence-corrected chi connectivity index (χ2v) is 5.03. The first-order valence-corrected chi connectivity index (χ1v) is 6.24. The average molecular weight is 317 g/mol. The highest BCUT2D eigenvalue weighted by Gasteiger charge is 2.22. The summed E-state index contributed by atoms with van der Waals surface area (Å²) in [4.78, 5) is 0. The Labute approximate surface area is 119 Å². The van der Waals surface area contributed by atoms with Gasteiger partial charge in [0.1, 0.15) is 0 Å². The van der Waals surface area contributed by atoms with Gasteiger partial charge in [0.05, 0.1) is 25.4 Å². The first-order chi connectivity index (χ1) is 9.15. The van der Waals surface area contributed by atoms with Crippen LogP contribution < -0.4 is 10.2 Å². The summed E-state index contributed by atoms with van der Waals surface area (Å²) < 4.78 is 61.0. The molecule has 0 fully saturated rings. The van der Waals surface area contributed by atoms with Crippen LogP contribution in [0.1, 0.15) is 0 Å². The van der Waals surface area contributed by atoms with Crippen molar-refractivity contribution in [3.05, 3.63) is 29.1 Å². The maximum absolute atomic E-state index is 12.4. The van der Waals surface area contributed by atoms with Gasteiger partial charge in [-0.25, -0.2) is 22.0 Å². The van der Waals surface area contributed by atoms with E-state index in [1.807, 2.05) is 0 Å². The fraction of sp³-hybridized carbons (Fsp3) is 0.400. The van der Waals surface area contributed by atoms with Gasteiger partial charge in [-0.15, -0.1) is 0 Å². The topological polar surface area (TPSA) is 86.7 Å². The van der Waals surface area contributed by atoms with Crippen LogP contribution in [0.2, 0.25) is 0 Å². The molecule has 0 aromatic heterocycles. The van der Waals surface area contributed by atoms with E-state index in [0.29, 0.717) is 0 Å². The third kappa shape index (κ3) is 4.38. The van der Waals surface area contributed by atoms with E-state index in [0.717, 1.165) is 0 Å². The van der Waals surface area contributed by atoms with E-state index in [-0.39, 0.29) is 16.3 Å². The molecular formula is C10H13AlF5NO3. The van der Waals surface area contributed by atoms with Crippen molar-refractivity contribution in [2.45, 2.75) is 5.54 Å². The van der Waals surface area contributed by atoms with Gasteiger partial charge in [-0.2, -0.15) is 0 Å². The number of rotatable bonds is 3. The highest BCUT2D eigenvalue weighted by molar-refractivity contribution is 6.32. The van der Waals surface area contributed by atoms with Gasteiger partial charge in [0, 0.05) is 0 Å². The molecule has 0 radical (unpaired) electrons. The molecule has 0 bridgehead atoms. The van der Waals surface area contributed by atoms with Gasteiger partial charge in [0.2, 0.25) is 0 Å². The van der Waals surface area contributed by atoms with Crippen LogP contribution in [0.25, 0.3) is 0 Å². The van der Waals surface area contributed by atoms with E-state index in [9.17, 15) is 22.0 Å². The molecule has 5 N–H and O–H groups in total. The zero-order chi connectivity index (χ0) is 16.1. The molecule has 0 aliphatic rings. The van der Waals surface area contributed by atoms with Crippen LogP contribution in [0.5, 0.6) is 0 Å². The Morgan fingerprint density at radius 1 is 0.750 bits per heavy atom. The van der Waals surface area contributed by atoms with E-state index < -0.39 is 58.9 Å². The number of aliphatic hydroxyl groups is 3. The lowest BCUT2D eigenvalue weighted by atomic mass is 10.1. The van der Waals surface area contributed by atoms with Crippen molar-refractivity contribution in [1.29, 1.82) is 0 Å². The predicted octanol–water partition coefficient (Wildman–Crippen LogP) is -1.70. The average Bonchev–Trinajstić information content (AvgIpc) is 2.48. The van der Waals surface area contributed by atoms with Crippen molar-refractivity contribution in [2.24, 2.45) is 5.73 Å². The van der Waals surface area contributed by atoms with Gasteiger partial charge < -0.3 is 21.1 Å². The number of nitrogens with two attached hydrogens (primary N) is 1. The van der Waals surface area contributed by atoms with Gasteiger partial charge in [-0.3, -0.25) is 0 Å². The molecule has 20 heavy (non-hydrogen) atoms. The van der Waals surface area contributed by atoms with Crippen molar-refractivity contribution in [1.82, 2.24) is 0 Å². The van der Waals surface area contributed by atoms with Crippen LogP contribution >= 0.6 is 0 Å². The molecule has 0 aliphatic heterocycles. The second-order valence-electron chi connectivity index (χ2n) is 4.03. The van der Waals surface area contributed by atoms with Crippen molar-refractivity contribution >= 4 is 20.7 Å². The van der Waals surface area contributed by atoms with Crippen molar-refractivity contribution in [2.75, 3.05) is 19.8 Å². The minimum absolute atomic E-state index is 0.223. The molecule has 1 aromatic rings. The van der Waals surface area contributed by atoms with E-state index in [1.54, 1.807) is 0 Å². The Hall–Kier alpha value is -0.758. The first kappa shape index (κ1) is 19.2. The fourth-order valence-corrected chi connectivity index (χ4v) is 1.30. The summed E-state index contributed by atoms with van der Waals surface area (Å²) in [6, 6.07) is 0. The van der Waals surface area contributed by atoms with Crippen LogP contribution in [-0.2, 0) is 0 Å². The zero-order valence-electron chi connectivity index (χ0n) is 10.4. The lowest BCUT2D eigenvalue weighted by Crippen LogP contribution is -2.50. The smallest absolute Gasteiger partial charge is 0.268 e. The molecular weight excluding hydrogens is 304 g/mol. The molecule has 0 unspecified atom stereocenters. The highest BCUT2D eigenvalue weighted by atomic mass is 27.0. The molecule has 0 atom stereocenters. The number of halogens is 5. The zero-order valence-corrected chi connectivity index (χ0v) is 12.4. The Morgan fingerprint density at radius 3 is 1.20 bits per heavy atom. The van der Waals surface area contributed by atoms with E-state index in [2.05, 4.69) is 0 Å². The van der Waals surface area contributed by atoms with Crippen LogP contribution in [0.4, 0.5) is 22.0 Å². The molecule has 1 rings (SSSR count). The molecule has 0 saturated carbocycles. The quantitative estimate of drug-likeness (QED) is 0.232. The maximum atomic E-state index is 12.4. The standard InChI is InChI=1S/C6F5.C4H11NO3.Al.2H/c7-2-1-3(8)5(10)6(11)4(2)9;5-4(1-6,2-7)3-8;;;/h;6-8H,1-3,5H2;;;. The lowest BCUT2D eigenvalue weighted by Gasteiger charge is -2.20. The summed E-state index contributed by atoms with van der Waals surface area (Å²) >= 11 is -0.223. The molecule has 0 aliphatic carbocycles.